The van der Waals surface area contributed by atoms with Gasteiger partial charge in [-0.3, -0.25) is 4.79 Å². The number of carbonyl (C=O) groups excluding carboxylic acids is 1. The average Bonchev–Trinajstić information content (AvgIpc) is 2.39. The van der Waals surface area contributed by atoms with Crippen LogP contribution in [0.2, 0.25) is 0 Å². The largest absolute Gasteiger partial charge is 0.409 e. The van der Waals surface area contributed by atoms with Crippen LogP contribution < -0.4 is 5.73 Å². The van der Waals surface area contributed by atoms with Gasteiger partial charge in [-0.1, -0.05) is 28.9 Å². The summed E-state index contributed by atoms with van der Waals surface area (Å²) in [6.45, 7) is 7.95. The van der Waals surface area contributed by atoms with Gasteiger partial charge in [0, 0.05) is 6.04 Å². The summed E-state index contributed by atoms with van der Waals surface area (Å²) in [5, 5.41) is 11.6. The number of nitrogens with zero attached hydrogens (tertiary/aromatic N) is 2. The zero-order valence-corrected chi connectivity index (χ0v) is 12.6. The average molecular weight is 277 g/mol. The number of benzene rings is 1. The molecule has 0 saturated carbocycles. The zero-order valence-electron chi connectivity index (χ0n) is 12.6. The van der Waals surface area contributed by atoms with Gasteiger partial charge in [-0.05, 0) is 38.8 Å². The van der Waals surface area contributed by atoms with Crippen molar-refractivity contribution >= 4 is 11.7 Å². The topological polar surface area (TPSA) is 78.9 Å². The first-order chi connectivity index (χ1) is 9.35. The van der Waals surface area contributed by atoms with E-state index in [1.807, 2.05) is 45.9 Å². The quantitative estimate of drug-likeness (QED) is 0.373. The van der Waals surface area contributed by atoms with E-state index in [-0.39, 0.29) is 24.3 Å². The molecule has 1 rings (SSSR count). The van der Waals surface area contributed by atoms with Crippen LogP contribution in [0.1, 0.15) is 30.5 Å². The van der Waals surface area contributed by atoms with Gasteiger partial charge in [0.1, 0.15) is 0 Å². The van der Waals surface area contributed by atoms with Crippen molar-refractivity contribution < 1.29 is 10.0 Å². The molecule has 0 atom stereocenters. The smallest absolute Gasteiger partial charge is 0.227 e. The number of carbonyl (C=O) groups is 1. The molecule has 0 saturated heterocycles. The molecule has 0 fully saturated rings. The standard InChI is InChI=1S/C15H23N3O2/c1-10(2)18(9-14(16)17-20)15(19)8-13-7-11(3)5-6-12(13)4/h5-7,10,20H,8-9H2,1-4H3,(H2,16,17). The minimum atomic E-state index is -0.0275. The van der Waals surface area contributed by atoms with E-state index in [0.29, 0.717) is 6.42 Å². The van der Waals surface area contributed by atoms with Crippen molar-refractivity contribution in [3.8, 4) is 0 Å². The number of amides is 1. The Morgan fingerprint density at radius 3 is 2.60 bits per heavy atom. The van der Waals surface area contributed by atoms with Crippen LogP contribution in [0.15, 0.2) is 23.4 Å². The van der Waals surface area contributed by atoms with Crippen molar-refractivity contribution in [2.75, 3.05) is 6.54 Å². The molecular weight excluding hydrogens is 254 g/mol. The SMILES string of the molecule is Cc1ccc(C)c(CC(=O)N(CC(N)=NO)C(C)C)c1. The summed E-state index contributed by atoms with van der Waals surface area (Å²) < 4.78 is 0. The lowest BCUT2D eigenvalue weighted by Gasteiger charge is -2.26. The van der Waals surface area contributed by atoms with Gasteiger partial charge in [0.15, 0.2) is 5.84 Å². The Bertz CT molecular complexity index is 510. The molecule has 1 aromatic carbocycles. The number of hydrogen-bond acceptors (Lipinski definition) is 3. The molecule has 0 aromatic heterocycles. The molecular formula is C15H23N3O2. The third-order valence-electron chi connectivity index (χ3n) is 3.25. The highest BCUT2D eigenvalue weighted by molar-refractivity contribution is 5.88. The molecule has 1 aromatic rings. The molecule has 0 bridgehead atoms. The number of hydrogen-bond donors (Lipinski definition) is 2. The molecule has 0 aliphatic heterocycles. The zero-order chi connectivity index (χ0) is 15.3. The van der Waals surface area contributed by atoms with Gasteiger partial charge in [-0.25, -0.2) is 0 Å². The molecule has 5 nitrogen and oxygen atoms in total. The highest BCUT2D eigenvalue weighted by Crippen LogP contribution is 2.13. The Labute approximate surface area is 120 Å². The van der Waals surface area contributed by atoms with Crippen molar-refractivity contribution in [2.45, 2.75) is 40.2 Å². The lowest BCUT2D eigenvalue weighted by molar-refractivity contribution is -0.131. The van der Waals surface area contributed by atoms with Crippen molar-refractivity contribution in [1.29, 1.82) is 0 Å². The summed E-state index contributed by atoms with van der Waals surface area (Å²) in [6, 6.07) is 6.06. The number of aryl methyl sites for hydroxylation is 2. The molecule has 0 unspecified atom stereocenters. The first-order valence-electron chi connectivity index (χ1n) is 6.67. The number of rotatable bonds is 5. The summed E-state index contributed by atoms with van der Waals surface area (Å²) in [5.41, 5.74) is 8.74. The van der Waals surface area contributed by atoms with Gasteiger partial charge < -0.3 is 15.8 Å². The van der Waals surface area contributed by atoms with Crippen molar-refractivity contribution in [3.63, 3.8) is 0 Å². The van der Waals surface area contributed by atoms with Gasteiger partial charge in [-0.2, -0.15) is 0 Å². The van der Waals surface area contributed by atoms with Crippen LogP contribution in [0.25, 0.3) is 0 Å². The Balaban J connectivity index is 2.88. The maximum absolute atomic E-state index is 12.4. The van der Waals surface area contributed by atoms with E-state index in [1.54, 1.807) is 4.90 Å². The number of nitrogens with two attached hydrogens (primary N) is 1. The Morgan fingerprint density at radius 1 is 1.40 bits per heavy atom. The van der Waals surface area contributed by atoms with Crippen LogP contribution >= 0.6 is 0 Å². The highest BCUT2D eigenvalue weighted by atomic mass is 16.4. The van der Waals surface area contributed by atoms with Gasteiger partial charge in [-0.15, -0.1) is 0 Å². The number of oxime groups is 1. The van der Waals surface area contributed by atoms with E-state index in [9.17, 15) is 4.79 Å². The summed E-state index contributed by atoms with van der Waals surface area (Å²) in [7, 11) is 0. The molecule has 1 amide bonds. The Morgan fingerprint density at radius 2 is 2.05 bits per heavy atom. The molecule has 0 radical (unpaired) electrons. The first kappa shape index (κ1) is 16.0. The van der Waals surface area contributed by atoms with Gasteiger partial charge in [0.05, 0.1) is 13.0 Å². The lowest BCUT2D eigenvalue weighted by atomic mass is 10.0. The fraction of sp³-hybridized carbons (Fsp3) is 0.467. The second-order valence-corrected chi connectivity index (χ2v) is 5.31. The maximum atomic E-state index is 12.4. The molecule has 20 heavy (non-hydrogen) atoms. The first-order valence-corrected chi connectivity index (χ1v) is 6.67. The van der Waals surface area contributed by atoms with Gasteiger partial charge in [0.25, 0.3) is 0 Å². The molecule has 0 aliphatic rings. The second kappa shape index (κ2) is 6.93. The maximum Gasteiger partial charge on any atom is 0.227 e. The summed E-state index contributed by atoms with van der Waals surface area (Å²) in [6.07, 6.45) is 0.324. The van der Waals surface area contributed by atoms with Crippen LogP contribution in [0, 0.1) is 13.8 Å². The fourth-order valence-electron chi connectivity index (χ4n) is 2.02. The van der Waals surface area contributed by atoms with E-state index in [1.165, 1.54) is 0 Å². The Kier molecular flexibility index (Phi) is 5.55. The highest BCUT2D eigenvalue weighted by Gasteiger charge is 2.19. The van der Waals surface area contributed by atoms with E-state index in [0.717, 1.165) is 16.7 Å². The molecule has 0 heterocycles. The van der Waals surface area contributed by atoms with Crippen LogP contribution in [-0.2, 0) is 11.2 Å². The van der Waals surface area contributed by atoms with E-state index >= 15 is 0 Å². The monoisotopic (exact) mass is 277 g/mol. The third-order valence-corrected chi connectivity index (χ3v) is 3.25. The van der Waals surface area contributed by atoms with Crippen molar-refractivity contribution in [2.24, 2.45) is 10.9 Å². The lowest BCUT2D eigenvalue weighted by Crippen LogP contribution is -2.43. The molecule has 110 valence electrons. The van der Waals surface area contributed by atoms with E-state index in [4.69, 9.17) is 10.9 Å². The minimum Gasteiger partial charge on any atom is -0.409 e. The molecule has 5 heteroatoms. The molecule has 0 aliphatic carbocycles. The minimum absolute atomic E-state index is 0.00656. The van der Waals surface area contributed by atoms with Crippen LogP contribution in [0.5, 0.6) is 0 Å². The number of amidine groups is 1. The van der Waals surface area contributed by atoms with Crippen LogP contribution in [-0.4, -0.2) is 34.4 Å². The van der Waals surface area contributed by atoms with E-state index < -0.39 is 0 Å². The van der Waals surface area contributed by atoms with Crippen molar-refractivity contribution in [3.05, 3.63) is 34.9 Å². The normalized spacial score (nSPS) is 11.8. The van der Waals surface area contributed by atoms with Crippen LogP contribution in [0.3, 0.4) is 0 Å². The van der Waals surface area contributed by atoms with Gasteiger partial charge in [0.2, 0.25) is 5.91 Å². The third kappa shape index (κ3) is 4.26. The second-order valence-electron chi connectivity index (χ2n) is 5.31. The Hall–Kier alpha value is -2.04. The fourth-order valence-corrected chi connectivity index (χ4v) is 2.02. The molecule has 0 spiro atoms. The predicted molar refractivity (Wildman–Crippen MR) is 79.9 cm³/mol. The van der Waals surface area contributed by atoms with Crippen molar-refractivity contribution in [1.82, 2.24) is 4.90 Å². The van der Waals surface area contributed by atoms with E-state index in [2.05, 4.69) is 5.16 Å². The summed E-state index contributed by atoms with van der Waals surface area (Å²) >= 11 is 0. The summed E-state index contributed by atoms with van der Waals surface area (Å²) in [5.74, 6) is 0.00770. The predicted octanol–water partition coefficient (Wildman–Crippen LogP) is 1.83. The van der Waals surface area contributed by atoms with Crippen LogP contribution in [0.4, 0.5) is 0 Å². The van der Waals surface area contributed by atoms with Gasteiger partial charge >= 0.3 is 0 Å². The summed E-state index contributed by atoms with van der Waals surface area (Å²) in [4.78, 5) is 14.0. The molecule has 3 N–H and O–H groups in total.